The van der Waals surface area contributed by atoms with Gasteiger partial charge in [0.05, 0.1) is 10.9 Å². The highest BCUT2D eigenvalue weighted by molar-refractivity contribution is 6.04. The molecule has 2 aliphatic rings. The summed E-state index contributed by atoms with van der Waals surface area (Å²) in [6, 6.07) is 7.71. The number of aromatic nitrogens is 4. The van der Waals surface area contributed by atoms with Crippen molar-refractivity contribution in [2.24, 2.45) is 0 Å². The summed E-state index contributed by atoms with van der Waals surface area (Å²) in [6.45, 7) is 3.40. The molecule has 1 aliphatic carbocycles. The van der Waals surface area contributed by atoms with E-state index in [1.807, 2.05) is 29.2 Å². The Kier molecular flexibility index (Phi) is 3.38. The molecule has 0 spiro atoms. The number of hydrogen-bond acceptors (Lipinski definition) is 5. The SMILES string of the molecule is CC1(c2nc(C3CC3)no2)CCCN(C(=O)c2n[nH]c3ccccc23)C1. The topological polar surface area (TPSA) is 87.9 Å². The van der Waals surface area contributed by atoms with E-state index in [1.54, 1.807) is 0 Å². The summed E-state index contributed by atoms with van der Waals surface area (Å²) in [5, 5.41) is 12.2. The van der Waals surface area contributed by atoms with Gasteiger partial charge in [0.25, 0.3) is 5.91 Å². The molecule has 1 aromatic carbocycles. The van der Waals surface area contributed by atoms with E-state index in [4.69, 9.17) is 4.52 Å². The molecule has 2 fully saturated rings. The number of amides is 1. The van der Waals surface area contributed by atoms with Gasteiger partial charge in [0.15, 0.2) is 11.5 Å². The van der Waals surface area contributed by atoms with E-state index < -0.39 is 0 Å². The van der Waals surface area contributed by atoms with Crippen molar-refractivity contribution in [2.75, 3.05) is 13.1 Å². The quantitative estimate of drug-likeness (QED) is 0.784. The minimum absolute atomic E-state index is 0.0460. The summed E-state index contributed by atoms with van der Waals surface area (Å²) in [4.78, 5) is 19.6. The van der Waals surface area contributed by atoms with Crippen LogP contribution in [0.4, 0.5) is 0 Å². The minimum Gasteiger partial charge on any atom is -0.339 e. The Morgan fingerprint density at radius 1 is 1.35 bits per heavy atom. The van der Waals surface area contributed by atoms with Crippen molar-refractivity contribution < 1.29 is 9.32 Å². The van der Waals surface area contributed by atoms with E-state index in [9.17, 15) is 4.79 Å². The number of aromatic amines is 1. The molecule has 1 saturated heterocycles. The maximum absolute atomic E-state index is 13.1. The average Bonchev–Trinajstić information content (AvgIpc) is 3.22. The van der Waals surface area contributed by atoms with Crippen LogP contribution in [0.5, 0.6) is 0 Å². The fourth-order valence-electron chi connectivity index (χ4n) is 3.85. The van der Waals surface area contributed by atoms with Crippen LogP contribution in [0.2, 0.25) is 0 Å². The van der Waals surface area contributed by atoms with Gasteiger partial charge < -0.3 is 9.42 Å². The lowest BCUT2D eigenvalue weighted by Crippen LogP contribution is -2.47. The number of likely N-dealkylation sites (tertiary alicyclic amines) is 1. The summed E-state index contributed by atoms with van der Waals surface area (Å²) < 4.78 is 5.58. The fraction of sp³-hybridized carbons (Fsp3) is 0.474. The van der Waals surface area contributed by atoms with Crippen molar-refractivity contribution in [1.82, 2.24) is 25.2 Å². The highest BCUT2D eigenvalue weighted by Gasteiger charge is 2.41. The number of carbonyl (C=O) groups is 1. The molecular weight excluding hydrogens is 330 g/mol. The zero-order valence-electron chi connectivity index (χ0n) is 14.7. The number of nitrogens with one attached hydrogen (secondary N) is 1. The average molecular weight is 351 g/mol. The third kappa shape index (κ3) is 2.50. The second-order valence-corrected chi connectivity index (χ2v) is 7.74. The lowest BCUT2D eigenvalue weighted by molar-refractivity contribution is 0.0616. The number of rotatable bonds is 3. The molecule has 5 rings (SSSR count). The predicted molar refractivity (Wildman–Crippen MR) is 94.9 cm³/mol. The first-order valence-corrected chi connectivity index (χ1v) is 9.20. The first kappa shape index (κ1) is 15.5. The van der Waals surface area contributed by atoms with Gasteiger partial charge in [-0.1, -0.05) is 23.4 Å². The van der Waals surface area contributed by atoms with Crippen molar-refractivity contribution >= 4 is 16.8 Å². The van der Waals surface area contributed by atoms with Crippen LogP contribution in [0.15, 0.2) is 28.8 Å². The molecule has 1 saturated carbocycles. The third-order valence-electron chi connectivity index (χ3n) is 5.56. The van der Waals surface area contributed by atoms with Crippen LogP contribution >= 0.6 is 0 Å². The summed E-state index contributed by atoms with van der Waals surface area (Å²) in [6.07, 6.45) is 4.13. The van der Waals surface area contributed by atoms with Crippen LogP contribution in [0.25, 0.3) is 10.9 Å². The van der Waals surface area contributed by atoms with Gasteiger partial charge in [0.2, 0.25) is 5.89 Å². The Bertz CT molecular complexity index is 973. The Labute approximate surface area is 150 Å². The summed E-state index contributed by atoms with van der Waals surface area (Å²) in [5.41, 5.74) is 1.05. The molecule has 2 aromatic heterocycles. The van der Waals surface area contributed by atoms with Crippen molar-refractivity contribution in [1.29, 1.82) is 0 Å². The molecule has 1 N–H and O–H groups in total. The van der Waals surface area contributed by atoms with E-state index in [0.29, 0.717) is 24.0 Å². The molecule has 0 bridgehead atoms. The van der Waals surface area contributed by atoms with E-state index in [0.717, 1.165) is 49.0 Å². The number of benzene rings is 1. The summed E-state index contributed by atoms with van der Waals surface area (Å²) in [5.74, 6) is 1.90. The maximum Gasteiger partial charge on any atom is 0.275 e. The van der Waals surface area contributed by atoms with Crippen molar-refractivity contribution in [3.63, 3.8) is 0 Å². The molecule has 134 valence electrons. The number of nitrogens with zero attached hydrogens (tertiary/aromatic N) is 4. The number of piperidine rings is 1. The zero-order valence-corrected chi connectivity index (χ0v) is 14.7. The van der Waals surface area contributed by atoms with Crippen LogP contribution in [-0.4, -0.2) is 44.2 Å². The molecule has 1 atom stereocenters. The Balaban J connectivity index is 1.41. The number of fused-ring (bicyclic) bond motifs is 1. The summed E-state index contributed by atoms with van der Waals surface area (Å²) >= 11 is 0. The van der Waals surface area contributed by atoms with E-state index in [2.05, 4.69) is 27.3 Å². The lowest BCUT2D eigenvalue weighted by atomic mass is 9.81. The molecule has 7 heteroatoms. The molecule has 1 unspecified atom stereocenters. The van der Waals surface area contributed by atoms with E-state index in [1.165, 1.54) is 0 Å². The smallest absolute Gasteiger partial charge is 0.275 e. The van der Waals surface area contributed by atoms with Crippen LogP contribution in [0.3, 0.4) is 0 Å². The van der Waals surface area contributed by atoms with Gasteiger partial charge in [-0.15, -0.1) is 0 Å². The Morgan fingerprint density at radius 2 is 2.19 bits per heavy atom. The van der Waals surface area contributed by atoms with Gasteiger partial charge in [0, 0.05) is 24.4 Å². The number of carbonyl (C=O) groups excluding carboxylic acids is 1. The maximum atomic E-state index is 13.1. The van der Waals surface area contributed by atoms with Gasteiger partial charge in [-0.2, -0.15) is 10.1 Å². The molecule has 3 aromatic rings. The molecule has 1 amide bonds. The molecule has 26 heavy (non-hydrogen) atoms. The Morgan fingerprint density at radius 3 is 3.04 bits per heavy atom. The van der Waals surface area contributed by atoms with Gasteiger partial charge >= 0.3 is 0 Å². The summed E-state index contributed by atoms with van der Waals surface area (Å²) in [7, 11) is 0. The fourth-order valence-corrected chi connectivity index (χ4v) is 3.85. The largest absolute Gasteiger partial charge is 0.339 e. The molecule has 0 radical (unpaired) electrons. The van der Waals surface area contributed by atoms with Crippen LogP contribution < -0.4 is 0 Å². The Hall–Kier alpha value is -2.70. The van der Waals surface area contributed by atoms with Crippen molar-refractivity contribution in [3.05, 3.63) is 41.7 Å². The number of H-pyrrole nitrogens is 1. The molecule has 3 heterocycles. The van der Waals surface area contributed by atoms with Gasteiger partial charge in [-0.05, 0) is 38.7 Å². The minimum atomic E-state index is -0.305. The number of para-hydroxylation sites is 1. The highest BCUT2D eigenvalue weighted by Crippen LogP contribution is 2.40. The molecule has 1 aliphatic heterocycles. The van der Waals surface area contributed by atoms with Crippen LogP contribution in [-0.2, 0) is 5.41 Å². The van der Waals surface area contributed by atoms with Crippen LogP contribution in [0, 0.1) is 0 Å². The van der Waals surface area contributed by atoms with Gasteiger partial charge in [-0.25, -0.2) is 0 Å². The monoisotopic (exact) mass is 351 g/mol. The van der Waals surface area contributed by atoms with Gasteiger partial charge in [0.1, 0.15) is 0 Å². The standard InChI is InChI=1S/C19H21N5O2/c1-19(18-20-16(23-26-18)12-7-8-12)9-4-10-24(11-19)17(25)15-13-5-2-3-6-14(13)21-22-15/h2-3,5-6,12H,4,7-11H2,1H3,(H,21,22). The van der Waals surface area contributed by atoms with Gasteiger partial charge in [-0.3, -0.25) is 9.89 Å². The number of hydrogen-bond donors (Lipinski definition) is 1. The first-order chi connectivity index (χ1) is 12.6. The van der Waals surface area contributed by atoms with Crippen molar-refractivity contribution in [2.45, 2.75) is 43.9 Å². The van der Waals surface area contributed by atoms with Crippen LogP contribution in [0.1, 0.15) is 60.7 Å². The zero-order chi connectivity index (χ0) is 17.7. The van der Waals surface area contributed by atoms with E-state index in [-0.39, 0.29) is 11.3 Å². The first-order valence-electron chi connectivity index (χ1n) is 9.20. The lowest BCUT2D eigenvalue weighted by Gasteiger charge is -2.37. The predicted octanol–water partition coefficient (Wildman–Crippen LogP) is 3.02. The highest BCUT2D eigenvalue weighted by atomic mass is 16.5. The van der Waals surface area contributed by atoms with Crippen molar-refractivity contribution in [3.8, 4) is 0 Å². The molecule has 7 nitrogen and oxygen atoms in total. The molecular formula is C19H21N5O2. The second kappa shape index (κ2) is 5.65. The van der Waals surface area contributed by atoms with E-state index >= 15 is 0 Å². The normalized spacial score (nSPS) is 23.5. The second-order valence-electron chi connectivity index (χ2n) is 7.74. The third-order valence-corrected chi connectivity index (χ3v) is 5.56.